The van der Waals surface area contributed by atoms with Crippen LogP contribution in [-0.4, -0.2) is 19.6 Å². The Balaban J connectivity index is 2.25. The van der Waals surface area contributed by atoms with Gasteiger partial charge in [-0.3, -0.25) is 0 Å². The van der Waals surface area contributed by atoms with Gasteiger partial charge in [-0.1, -0.05) is 55.3 Å². The van der Waals surface area contributed by atoms with Gasteiger partial charge in [0.2, 0.25) is 0 Å². The fraction of sp³-hybridized carbons (Fsp3) is 0.267. The molecule has 4 nitrogen and oxygen atoms in total. The van der Waals surface area contributed by atoms with Gasteiger partial charge < -0.3 is 0 Å². The average Bonchev–Trinajstić information content (AvgIpc) is 2.93. The van der Waals surface area contributed by atoms with E-state index in [1.54, 1.807) is 4.52 Å². The van der Waals surface area contributed by atoms with Crippen molar-refractivity contribution in [1.82, 2.24) is 19.6 Å². The molecule has 3 aromatic rings. The van der Waals surface area contributed by atoms with Crippen LogP contribution < -0.4 is 0 Å². The Morgan fingerprint density at radius 2 is 2.00 bits per heavy atom. The van der Waals surface area contributed by atoms with Crippen LogP contribution in [0.3, 0.4) is 0 Å². The molecule has 0 bridgehead atoms. The maximum atomic E-state index is 6.39. The number of rotatable bonds is 4. The van der Waals surface area contributed by atoms with Gasteiger partial charge in [0.15, 0.2) is 0 Å². The summed E-state index contributed by atoms with van der Waals surface area (Å²) >= 11 is 6.39. The molecule has 0 aliphatic rings. The minimum atomic E-state index is 0.489. The van der Waals surface area contributed by atoms with E-state index in [0.29, 0.717) is 10.9 Å². The first-order valence-electron chi connectivity index (χ1n) is 6.74. The number of unbranched alkanes of at least 4 members (excludes halogenated alkanes) is 1. The number of nitrogens with zero attached hydrogens (tertiary/aromatic N) is 4. The third-order valence-electron chi connectivity index (χ3n) is 3.31. The van der Waals surface area contributed by atoms with Gasteiger partial charge in [0.1, 0.15) is 11.5 Å². The van der Waals surface area contributed by atoms with Crippen molar-refractivity contribution in [3.8, 4) is 11.1 Å². The zero-order chi connectivity index (χ0) is 13.9. The SMILES string of the molecule is CCCCc1c(-c2ccccc2)c(Cl)nc2ncnn12. The van der Waals surface area contributed by atoms with E-state index in [1.165, 1.54) is 6.33 Å². The van der Waals surface area contributed by atoms with E-state index in [-0.39, 0.29) is 0 Å². The molecule has 0 spiro atoms. The quantitative estimate of drug-likeness (QED) is 0.685. The Hall–Kier alpha value is -1.94. The lowest BCUT2D eigenvalue weighted by atomic mass is 10.0. The average molecular weight is 287 g/mol. The summed E-state index contributed by atoms with van der Waals surface area (Å²) in [5, 5.41) is 4.77. The van der Waals surface area contributed by atoms with Crippen molar-refractivity contribution in [2.45, 2.75) is 26.2 Å². The molecule has 0 aliphatic carbocycles. The van der Waals surface area contributed by atoms with Crippen molar-refractivity contribution in [2.24, 2.45) is 0 Å². The first-order chi connectivity index (χ1) is 9.81. The Labute approximate surface area is 122 Å². The van der Waals surface area contributed by atoms with Gasteiger partial charge in [-0.05, 0) is 18.4 Å². The zero-order valence-corrected chi connectivity index (χ0v) is 12.0. The van der Waals surface area contributed by atoms with Gasteiger partial charge in [0.25, 0.3) is 5.78 Å². The normalized spacial score (nSPS) is 11.1. The van der Waals surface area contributed by atoms with Gasteiger partial charge in [0, 0.05) is 5.56 Å². The second kappa shape index (κ2) is 5.59. The molecule has 20 heavy (non-hydrogen) atoms. The van der Waals surface area contributed by atoms with Crippen LogP contribution in [0.4, 0.5) is 0 Å². The highest BCUT2D eigenvalue weighted by Crippen LogP contribution is 2.31. The molecule has 0 aliphatic heterocycles. The van der Waals surface area contributed by atoms with Gasteiger partial charge in [-0.2, -0.15) is 15.1 Å². The number of fused-ring (bicyclic) bond motifs is 1. The Kier molecular flexibility index (Phi) is 3.65. The Morgan fingerprint density at radius 3 is 2.75 bits per heavy atom. The van der Waals surface area contributed by atoms with Crippen molar-refractivity contribution < 1.29 is 0 Å². The highest BCUT2D eigenvalue weighted by atomic mass is 35.5. The fourth-order valence-electron chi connectivity index (χ4n) is 2.34. The molecular formula is C15H15ClN4. The highest BCUT2D eigenvalue weighted by molar-refractivity contribution is 6.32. The topological polar surface area (TPSA) is 43.1 Å². The van der Waals surface area contributed by atoms with Crippen LogP contribution in [-0.2, 0) is 6.42 Å². The predicted octanol–water partition coefficient (Wildman–Crippen LogP) is 3.79. The third-order valence-corrected chi connectivity index (χ3v) is 3.58. The lowest BCUT2D eigenvalue weighted by Gasteiger charge is -2.12. The molecule has 2 heterocycles. The molecule has 1 aromatic carbocycles. The first kappa shape index (κ1) is 13.1. The van der Waals surface area contributed by atoms with E-state index < -0.39 is 0 Å². The van der Waals surface area contributed by atoms with E-state index in [4.69, 9.17) is 11.6 Å². The predicted molar refractivity (Wildman–Crippen MR) is 79.8 cm³/mol. The Bertz CT molecular complexity index is 721. The van der Waals surface area contributed by atoms with Crippen LogP contribution in [0, 0.1) is 0 Å². The molecule has 0 atom stereocenters. The number of hydrogen-bond donors (Lipinski definition) is 0. The summed E-state index contributed by atoms with van der Waals surface area (Å²) in [4.78, 5) is 8.47. The van der Waals surface area contributed by atoms with Crippen LogP contribution in [0.25, 0.3) is 16.9 Å². The van der Waals surface area contributed by atoms with Crippen LogP contribution in [0.5, 0.6) is 0 Å². The molecule has 102 valence electrons. The second-order valence-electron chi connectivity index (χ2n) is 4.67. The maximum absolute atomic E-state index is 6.39. The lowest BCUT2D eigenvalue weighted by Crippen LogP contribution is -2.05. The molecule has 2 aromatic heterocycles. The molecule has 0 unspecified atom stereocenters. The number of benzene rings is 1. The van der Waals surface area contributed by atoms with Crippen LogP contribution >= 0.6 is 11.6 Å². The maximum Gasteiger partial charge on any atom is 0.253 e. The summed E-state index contributed by atoms with van der Waals surface area (Å²) in [6.07, 6.45) is 4.62. The fourth-order valence-corrected chi connectivity index (χ4v) is 2.63. The second-order valence-corrected chi connectivity index (χ2v) is 5.02. The highest BCUT2D eigenvalue weighted by Gasteiger charge is 2.16. The van der Waals surface area contributed by atoms with Crippen molar-refractivity contribution in [3.05, 3.63) is 47.5 Å². The standard InChI is InChI=1S/C15H15ClN4/c1-2-3-9-12-13(11-7-5-4-6-8-11)14(16)19-15-17-10-18-20(12)15/h4-8,10H,2-3,9H2,1H3. The molecule has 0 amide bonds. The summed E-state index contributed by atoms with van der Waals surface area (Å²) in [6, 6.07) is 10.1. The van der Waals surface area contributed by atoms with E-state index >= 15 is 0 Å². The molecule has 0 radical (unpaired) electrons. The van der Waals surface area contributed by atoms with Crippen molar-refractivity contribution in [1.29, 1.82) is 0 Å². The monoisotopic (exact) mass is 286 g/mol. The molecule has 0 saturated heterocycles. The number of halogens is 1. The minimum Gasteiger partial charge on any atom is -0.201 e. The summed E-state index contributed by atoms with van der Waals surface area (Å²) < 4.78 is 1.80. The van der Waals surface area contributed by atoms with Crippen molar-refractivity contribution in [3.63, 3.8) is 0 Å². The molecule has 0 N–H and O–H groups in total. The lowest BCUT2D eigenvalue weighted by molar-refractivity contribution is 0.741. The van der Waals surface area contributed by atoms with Crippen molar-refractivity contribution in [2.75, 3.05) is 0 Å². The molecule has 0 saturated carbocycles. The largest absolute Gasteiger partial charge is 0.253 e. The van der Waals surface area contributed by atoms with Crippen molar-refractivity contribution >= 4 is 17.4 Å². The van der Waals surface area contributed by atoms with Gasteiger partial charge in [0.05, 0.1) is 5.69 Å². The number of hydrogen-bond acceptors (Lipinski definition) is 3. The molecular weight excluding hydrogens is 272 g/mol. The summed E-state index contributed by atoms with van der Waals surface area (Å²) in [6.45, 7) is 2.17. The molecule has 5 heteroatoms. The van der Waals surface area contributed by atoms with Crippen LogP contribution in [0.2, 0.25) is 5.15 Å². The molecule has 3 rings (SSSR count). The van der Waals surface area contributed by atoms with E-state index in [2.05, 4.69) is 22.0 Å². The first-order valence-corrected chi connectivity index (χ1v) is 7.12. The summed E-state index contributed by atoms with van der Waals surface area (Å²) in [7, 11) is 0. The van der Waals surface area contributed by atoms with E-state index in [0.717, 1.165) is 36.1 Å². The van der Waals surface area contributed by atoms with Crippen LogP contribution in [0.1, 0.15) is 25.5 Å². The zero-order valence-electron chi connectivity index (χ0n) is 11.3. The number of aryl methyl sites for hydroxylation is 1. The van der Waals surface area contributed by atoms with Crippen LogP contribution in [0.15, 0.2) is 36.7 Å². The molecule has 0 fully saturated rings. The third kappa shape index (κ3) is 2.27. The smallest absolute Gasteiger partial charge is 0.201 e. The minimum absolute atomic E-state index is 0.489. The van der Waals surface area contributed by atoms with E-state index in [9.17, 15) is 0 Å². The van der Waals surface area contributed by atoms with E-state index in [1.807, 2.05) is 30.3 Å². The summed E-state index contributed by atoms with van der Waals surface area (Å²) in [5.41, 5.74) is 3.10. The summed E-state index contributed by atoms with van der Waals surface area (Å²) in [5.74, 6) is 0.556. The van der Waals surface area contributed by atoms with Gasteiger partial charge >= 0.3 is 0 Å². The van der Waals surface area contributed by atoms with Gasteiger partial charge in [-0.15, -0.1) is 0 Å². The Morgan fingerprint density at radius 1 is 1.20 bits per heavy atom. The van der Waals surface area contributed by atoms with Gasteiger partial charge in [-0.25, -0.2) is 4.52 Å². The number of aromatic nitrogens is 4.